The monoisotopic (exact) mass is 261 g/mol. The van der Waals surface area contributed by atoms with Crippen LogP contribution in [-0.2, 0) is 6.54 Å². The van der Waals surface area contributed by atoms with E-state index in [-0.39, 0.29) is 5.92 Å². The number of nitrogens with zero attached hydrogens (tertiary/aromatic N) is 3. The van der Waals surface area contributed by atoms with Crippen LogP contribution in [0.15, 0.2) is 18.3 Å². The highest BCUT2D eigenvalue weighted by Gasteiger charge is 2.26. The van der Waals surface area contributed by atoms with Gasteiger partial charge < -0.3 is 4.74 Å². The number of aromatic nitrogens is 3. The van der Waals surface area contributed by atoms with Gasteiger partial charge in [0.2, 0.25) is 11.8 Å². The maximum absolute atomic E-state index is 13.9. The van der Waals surface area contributed by atoms with E-state index in [4.69, 9.17) is 4.74 Å². The molecule has 3 rings (SSSR count). The third-order valence-electron chi connectivity index (χ3n) is 3.29. The van der Waals surface area contributed by atoms with Crippen LogP contribution in [0.1, 0.15) is 31.7 Å². The van der Waals surface area contributed by atoms with Crippen LogP contribution in [0, 0.1) is 5.95 Å². The van der Waals surface area contributed by atoms with Gasteiger partial charge in [-0.25, -0.2) is 9.67 Å². The first-order chi connectivity index (χ1) is 9.18. The normalized spacial score (nSPS) is 14.3. The Balaban J connectivity index is 2.21. The minimum absolute atomic E-state index is 0.219. The Hall–Kier alpha value is -1.91. The van der Waals surface area contributed by atoms with Crippen molar-refractivity contribution in [2.45, 2.75) is 32.7 Å². The van der Waals surface area contributed by atoms with Crippen molar-refractivity contribution in [3.8, 4) is 17.1 Å². The van der Waals surface area contributed by atoms with Crippen LogP contribution in [0.2, 0.25) is 0 Å². The molecule has 19 heavy (non-hydrogen) atoms. The standard InChI is InChI=1S/C14H16FN3O/c1-9(2)11-12(10-5-3-6-16-13(10)15)17-18-7-4-8-19-14(11)18/h3,5-6,9H,4,7-8H2,1-2H3. The molecule has 3 heterocycles. The summed E-state index contributed by atoms with van der Waals surface area (Å²) < 4.78 is 21.4. The van der Waals surface area contributed by atoms with Gasteiger partial charge in [-0.15, -0.1) is 0 Å². The maximum Gasteiger partial charge on any atom is 0.222 e. The van der Waals surface area contributed by atoms with Crippen molar-refractivity contribution in [1.29, 1.82) is 0 Å². The van der Waals surface area contributed by atoms with Gasteiger partial charge in [-0.05, 0) is 18.1 Å². The Kier molecular flexibility index (Phi) is 2.97. The zero-order valence-corrected chi connectivity index (χ0v) is 11.1. The predicted octanol–water partition coefficient (Wildman–Crippen LogP) is 2.99. The smallest absolute Gasteiger partial charge is 0.222 e. The van der Waals surface area contributed by atoms with Crippen molar-refractivity contribution in [2.24, 2.45) is 0 Å². The van der Waals surface area contributed by atoms with Gasteiger partial charge in [0.1, 0.15) is 5.69 Å². The fourth-order valence-corrected chi connectivity index (χ4v) is 2.43. The molecule has 0 saturated carbocycles. The first kappa shape index (κ1) is 12.1. The molecule has 0 fully saturated rings. The summed E-state index contributed by atoms with van der Waals surface area (Å²) in [6.45, 7) is 5.64. The second kappa shape index (κ2) is 4.64. The molecule has 0 aromatic carbocycles. The lowest BCUT2D eigenvalue weighted by atomic mass is 9.99. The van der Waals surface area contributed by atoms with Crippen LogP contribution >= 0.6 is 0 Å². The third-order valence-corrected chi connectivity index (χ3v) is 3.29. The highest BCUT2D eigenvalue weighted by molar-refractivity contribution is 5.66. The molecule has 0 aliphatic carbocycles. The van der Waals surface area contributed by atoms with Gasteiger partial charge in [0, 0.05) is 24.7 Å². The number of fused-ring (bicyclic) bond motifs is 1. The van der Waals surface area contributed by atoms with Crippen molar-refractivity contribution in [3.63, 3.8) is 0 Å². The fourth-order valence-electron chi connectivity index (χ4n) is 2.43. The van der Waals surface area contributed by atoms with Crippen molar-refractivity contribution in [2.75, 3.05) is 6.61 Å². The number of halogens is 1. The second-order valence-corrected chi connectivity index (χ2v) is 4.99. The summed E-state index contributed by atoms with van der Waals surface area (Å²) in [6.07, 6.45) is 2.38. The molecule has 0 amide bonds. The van der Waals surface area contributed by atoms with Gasteiger partial charge in [0.15, 0.2) is 0 Å². The largest absolute Gasteiger partial charge is 0.478 e. The molecular weight excluding hydrogens is 245 g/mol. The number of hydrogen-bond donors (Lipinski definition) is 0. The lowest BCUT2D eigenvalue weighted by Crippen LogP contribution is -2.15. The SMILES string of the molecule is CC(C)c1c(-c2cccnc2F)nn2c1OCCC2. The van der Waals surface area contributed by atoms with Crippen molar-refractivity contribution >= 4 is 0 Å². The summed E-state index contributed by atoms with van der Waals surface area (Å²) in [5.74, 6) is 0.510. The first-order valence-electron chi connectivity index (χ1n) is 6.53. The molecule has 2 aromatic heterocycles. The minimum atomic E-state index is -0.486. The highest BCUT2D eigenvalue weighted by Crippen LogP contribution is 2.38. The summed E-state index contributed by atoms with van der Waals surface area (Å²) in [7, 11) is 0. The van der Waals surface area contributed by atoms with E-state index in [0.29, 0.717) is 17.9 Å². The summed E-state index contributed by atoms with van der Waals surface area (Å²) in [4.78, 5) is 3.71. The molecule has 0 N–H and O–H groups in total. The summed E-state index contributed by atoms with van der Waals surface area (Å²) in [6, 6.07) is 3.43. The molecule has 4 nitrogen and oxygen atoms in total. The number of pyridine rings is 1. The molecular formula is C14H16FN3O. The van der Waals surface area contributed by atoms with Crippen LogP contribution in [0.25, 0.3) is 11.3 Å². The van der Waals surface area contributed by atoms with Crippen molar-refractivity contribution < 1.29 is 9.13 Å². The van der Waals surface area contributed by atoms with Crippen molar-refractivity contribution in [1.82, 2.24) is 14.8 Å². The molecule has 1 aliphatic heterocycles. The number of rotatable bonds is 2. The molecule has 100 valence electrons. The Labute approximate surface area is 111 Å². The van der Waals surface area contributed by atoms with E-state index in [1.54, 1.807) is 12.1 Å². The zero-order chi connectivity index (χ0) is 13.4. The summed E-state index contributed by atoms with van der Waals surface area (Å²) in [5, 5.41) is 4.51. The molecule has 1 aliphatic rings. The third kappa shape index (κ3) is 1.99. The zero-order valence-electron chi connectivity index (χ0n) is 11.1. The van der Waals surface area contributed by atoms with Crippen LogP contribution < -0.4 is 4.74 Å². The summed E-state index contributed by atoms with van der Waals surface area (Å²) >= 11 is 0. The van der Waals surface area contributed by atoms with E-state index in [9.17, 15) is 4.39 Å². The van der Waals surface area contributed by atoms with E-state index in [1.807, 2.05) is 4.68 Å². The lowest BCUT2D eigenvalue weighted by Gasteiger charge is -2.17. The van der Waals surface area contributed by atoms with Gasteiger partial charge >= 0.3 is 0 Å². The first-order valence-corrected chi connectivity index (χ1v) is 6.53. The van der Waals surface area contributed by atoms with Gasteiger partial charge in [0.05, 0.1) is 12.2 Å². The summed E-state index contributed by atoms with van der Waals surface area (Å²) in [5.41, 5.74) is 2.06. The average Bonchev–Trinajstić information content (AvgIpc) is 2.78. The van der Waals surface area contributed by atoms with Gasteiger partial charge in [0.25, 0.3) is 0 Å². The Morgan fingerprint density at radius 2 is 2.26 bits per heavy atom. The maximum atomic E-state index is 13.9. The highest BCUT2D eigenvalue weighted by atomic mass is 19.1. The fraction of sp³-hybridized carbons (Fsp3) is 0.429. The number of aryl methyl sites for hydroxylation is 1. The van der Waals surface area contributed by atoms with Crippen LogP contribution in [0.5, 0.6) is 5.88 Å². The van der Waals surface area contributed by atoms with E-state index in [1.165, 1.54) is 6.20 Å². The van der Waals surface area contributed by atoms with Crippen LogP contribution in [-0.4, -0.2) is 21.4 Å². The minimum Gasteiger partial charge on any atom is -0.478 e. The Morgan fingerprint density at radius 1 is 1.42 bits per heavy atom. The van der Waals surface area contributed by atoms with Gasteiger partial charge in [-0.3, -0.25) is 0 Å². The van der Waals surface area contributed by atoms with E-state index in [2.05, 4.69) is 23.9 Å². The molecule has 5 heteroatoms. The Bertz CT molecular complexity index is 607. The molecule has 0 bridgehead atoms. The van der Waals surface area contributed by atoms with E-state index < -0.39 is 5.95 Å². The molecule has 0 spiro atoms. The molecule has 0 unspecified atom stereocenters. The predicted molar refractivity (Wildman–Crippen MR) is 69.6 cm³/mol. The molecule has 0 saturated heterocycles. The molecule has 2 aromatic rings. The Morgan fingerprint density at radius 3 is 3.00 bits per heavy atom. The van der Waals surface area contributed by atoms with E-state index >= 15 is 0 Å². The second-order valence-electron chi connectivity index (χ2n) is 4.99. The van der Waals surface area contributed by atoms with Gasteiger partial charge in [-0.1, -0.05) is 13.8 Å². The average molecular weight is 261 g/mol. The van der Waals surface area contributed by atoms with Crippen molar-refractivity contribution in [3.05, 3.63) is 29.8 Å². The van der Waals surface area contributed by atoms with Crippen LogP contribution in [0.4, 0.5) is 4.39 Å². The number of ether oxygens (including phenoxy) is 1. The topological polar surface area (TPSA) is 39.9 Å². The quantitative estimate of drug-likeness (QED) is 0.780. The lowest BCUT2D eigenvalue weighted by molar-refractivity contribution is 0.227. The molecule has 0 radical (unpaired) electrons. The number of hydrogen-bond acceptors (Lipinski definition) is 3. The van der Waals surface area contributed by atoms with Gasteiger partial charge in [-0.2, -0.15) is 9.49 Å². The van der Waals surface area contributed by atoms with Crippen LogP contribution in [0.3, 0.4) is 0 Å². The van der Waals surface area contributed by atoms with E-state index in [0.717, 1.165) is 24.4 Å². The molecule has 0 atom stereocenters.